The third kappa shape index (κ3) is 6.07. The Morgan fingerprint density at radius 2 is 1.70 bits per heavy atom. The Morgan fingerprint density at radius 1 is 1.03 bits per heavy atom. The molecule has 7 heteroatoms. The molecule has 1 saturated heterocycles. The lowest BCUT2D eigenvalue weighted by Crippen LogP contribution is -2.48. The van der Waals surface area contributed by atoms with E-state index in [0.717, 1.165) is 30.4 Å². The van der Waals surface area contributed by atoms with Crippen LogP contribution in [0.4, 0.5) is 4.39 Å². The van der Waals surface area contributed by atoms with Crippen LogP contribution in [0, 0.1) is 5.82 Å². The van der Waals surface area contributed by atoms with Crippen molar-refractivity contribution in [2.24, 2.45) is 4.99 Å². The first-order valence-corrected chi connectivity index (χ1v) is 10.4. The number of nitrogens with one attached hydrogen (secondary N) is 2. The highest BCUT2D eigenvalue weighted by molar-refractivity contribution is 14.0. The molecular weight excluding hydrogens is 494 g/mol. The average Bonchev–Trinajstić information content (AvgIpc) is 3.59. The summed E-state index contributed by atoms with van der Waals surface area (Å²) in [5, 5.41) is 6.92. The SMILES string of the molecule is CN=C(NCc1ccccc1Oc1ccccc1F)NC1CCN(C2CC2)CC1.I. The second kappa shape index (κ2) is 10.9. The number of rotatable bonds is 6. The number of para-hydroxylation sites is 2. The van der Waals surface area contributed by atoms with Crippen LogP contribution in [0.1, 0.15) is 31.2 Å². The molecule has 4 rings (SSSR count). The maximum Gasteiger partial charge on any atom is 0.191 e. The van der Waals surface area contributed by atoms with Crippen LogP contribution in [0.2, 0.25) is 0 Å². The van der Waals surface area contributed by atoms with E-state index in [1.165, 1.54) is 32.0 Å². The van der Waals surface area contributed by atoms with E-state index < -0.39 is 0 Å². The van der Waals surface area contributed by atoms with E-state index >= 15 is 0 Å². The minimum atomic E-state index is -0.370. The standard InChI is InChI=1S/C23H29FN4O.HI/c1-25-23(27-18-12-14-28(15-13-18)19-10-11-19)26-16-17-6-2-4-8-21(17)29-22-9-5-3-7-20(22)24;/h2-9,18-19H,10-16H2,1H3,(H2,25,26,27);1H. The number of hydrogen-bond donors (Lipinski definition) is 2. The van der Waals surface area contributed by atoms with Crippen LogP contribution in [0.15, 0.2) is 53.5 Å². The maximum atomic E-state index is 13.9. The number of guanidine groups is 1. The molecule has 0 spiro atoms. The molecule has 2 N–H and O–H groups in total. The van der Waals surface area contributed by atoms with Gasteiger partial charge in [0.1, 0.15) is 5.75 Å². The van der Waals surface area contributed by atoms with Gasteiger partial charge in [-0.25, -0.2) is 4.39 Å². The maximum absolute atomic E-state index is 13.9. The molecule has 1 heterocycles. The number of hydrogen-bond acceptors (Lipinski definition) is 3. The molecule has 1 aliphatic heterocycles. The van der Waals surface area contributed by atoms with Crippen LogP contribution in [0.5, 0.6) is 11.5 Å². The second-order valence-electron chi connectivity index (χ2n) is 7.75. The number of halogens is 2. The fourth-order valence-corrected chi connectivity index (χ4v) is 3.81. The molecule has 2 aromatic carbocycles. The minimum absolute atomic E-state index is 0. The molecule has 0 bridgehead atoms. The molecule has 30 heavy (non-hydrogen) atoms. The molecule has 1 aliphatic carbocycles. The summed E-state index contributed by atoms with van der Waals surface area (Å²) in [7, 11) is 1.79. The van der Waals surface area contributed by atoms with Gasteiger partial charge < -0.3 is 20.3 Å². The third-order valence-corrected chi connectivity index (χ3v) is 5.63. The van der Waals surface area contributed by atoms with Gasteiger partial charge in [0.2, 0.25) is 0 Å². The van der Waals surface area contributed by atoms with E-state index in [9.17, 15) is 4.39 Å². The molecule has 2 fully saturated rings. The highest BCUT2D eigenvalue weighted by atomic mass is 127. The van der Waals surface area contributed by atoms with Crippen molar-refractivity contribution in [2.75, 3.05) is 20.1 Å². The van der Waals surface area contributed by atoms with Crippen LogP contribution in [-0.4, -0.2) is 43.1 Å². The van der Waals surface area contributed by atoms with Gasteiger partial charge >= 0.3 is 0 Å². The van der Waals surface area contributed by atoms with Gasteiger partial charge in [-0.1, -0.05) is 30.3 Å². The Kier molecular flexibility index (Phi) is 8.32. The van der Waals surface area contributed by atoms with Crippen molar-refractivity contribution in [3.8, 4) is 11.5 Å². The molecule has 0 amide bonds. The number of likely N-dealkylation sites (tertiary alicyclic amines) is 1. The predicted octanol–water partition coefficient (Wildman–Crippen LogP) is 4.53. The molecular formula is C23H30FIN4O. The van der Waals surface area contributed by atoms with Gasteiger partial charge in [-0.05, 0) is 43.9 Å². The molecule has 162 valence electrons. The van der Waals surface area contributed by atoms with Gasteiger partial charge in [-0.2, -0.15) is 0 Å². The zero-order valence-corrected chi connectivity index (χ0v) is 19.6. The molecule has 2 aromatic rings. The van der Waals surface area contributed by atoms with Crippen molar-refractivity contribution in [3.63, 3.8) is 0 Å². The monoisotopic (exact) mass is 524 g/mol. The first-order chi connectivity index (χ1) is 14.2. The molecule has 0 unspecified atom stereocenters. The highest BCUT2D eigenvalue weighted by Gasteiger charge is 2.31. The summed E-state index contributed by atoms with van der Waals surface area (Å²) < 4.78 is 19.8. The Morgan fingerprint density at radius 3 is 2.37 bits per heavy atom. The van der Waals surface area contributed by atoms with Crippen LogP contribution >= 0.6 is 24.0 Å². The Bertz CT molecular complexity index is 851. The van der Waals surface area contributed by atoms with E-state index in [4.69, 9.17) is 4.74 Å². The topological polar surface area (TPSA) is 48.9 Å². The van der Waals surface area contributed by atoms with E-state index in [0.29, 0.717) is 18.3 Å². The third-order valence-electron chi connectivity index (χ3n) is 5.63. The fraction of sp³-hybridized carbons (Fsp3) is 0.435. The quantitative estimate of drug-likeness (QED) is 0.332. The lowest BCUT2D eigenvalue weighted by atomic mass is 10.1. The highest BCUT2D eigenvalue weighted by Crippen LogP contribution is 2.29. The molecule has 5 nitrogen and oxygen atoms in total. The van der Waals surface area contributed by atoms with Crippen LogP contribution in [0.3, 0.4) is 0 Å². The summed E-state index contributed by atoms with van der Waals surface area (Å²) in [5.41, 5.74) is 0.947. The van der Waals surface area contributed by atoms with E-state index in [1.807, 2.05) is 24.3 Å². The molecule has 1 saturated carbocycles. The van der Waals surface area contributed by atoms with E-state index in [1.54, 1.807) is 25.2 Å². The summed E-state index contributed by atoms with van der Waals surface area (Å²) in [4.78, 5) is 6.99. The van der Waals surface area contributed by atoms with Gasteiger partial charge in [0, 0.05) is 44.3 Å². The molecule has 0 aromatic heterocycles. The van der Waals surface area contributed by atoms with Crippen LogP contribution < -0.4 is 15.4 Å². The first-order valence-electron chi connectivity index (χ1n) is 10.4. The summed E-state index contributed by atoms with van der Waals surface area (Å²) in [6.45, 7) is 2.88. The predicted molar refractivity (Wildman–Crippen MR) is 129 cm³/mol. The Labute approximate surface area is 195 Å². The van der Waals surface area contributed by atoms with Gasteiger partial charge in [-0.15, -0.1) is 24.0 Å². The molecule has 0 atom stereocenters. The zero-order chi connectivity index (χ0) is 20.1. The van der Waals surface area contributed by atoms with Crippen LogP contribution in [0.25, 0.3) is 0 Å². The van der Waals surface area contributed by atoms with Crippen molar-refractivity contribution in [3.05, 3.63) is 59.9 Å². The van der Waals surface area contributed by atoms with E-state index in [-0.39, 0.29) is 35.5 Å². The summed E-state index contributed by atoms with van der Waals surface area (Å²) in [6, 6.07) is 15.4. The smallest absolute Gasteiger partial charge is 0.191 e. The number of nitrogens with zero attached hydrogens (tertiary/aromatic N) is 2. The van der Waals surface area contributed by atoms with Crippen molar-refractivity contribution in [1.82, 2.24) is 15.5 Å². The number of aliphatic imine (C=N–C) groups is 1. The van der Waals surface area contributed by atoms with Crippen molar-refractivity contribution in [2.45, 2.75) is 44.3 Å². The van der Waals surface area contributed by atoms with Gasteiger partial charge in [0.25, 0.3) is 0 Å². The lowest BCUT2D eigenvalue weighted by molar-refractivity contribution is 0.197. The Hall–Kier alpha value is -1.87. The van der Waals surface area contributed by atoms with Crippen molar-refractivity contribution in [1.29, 1.82) is 0 Å². The fourth-order valence-electron chi connectivity index (χ4n) is 3.81. The van der Waals surface area contributed by atoms with Crippen molar-refractivity contribution < 1.29 is 9.13 Å². The average molecular weight is 524 g/mol. The molecule has 2 aliphatic rings. The van der Waals surface area contributed by atoms with E-state index in [2.05, 4.69) is 20.5 Å². The normalized spacial score (nSPS) is 17.9. The number of benzene rings is 2. The number of piperidine rings is 1. The zero-order valence-electron chi connectivity index (χ0n) is 17.3. The summed E-state index contributed by atoms with van der Waals surface area (Å²) in [6.07, 6.45) is 5.03. The minimum Gasteiger partial charge on any atom is -0.454 e. The summed E-state index contributed by atoms with van der Waals surface area (Å²) in [5.74, 6) is 1.28. The second-order valence-corrected chi connectivity index (χ2v) is 7.75. The Balaban J connectivity index is 0.00000256. The van der Waals surface area contributed by atoms with Gasteiger partial charge in [0.15, 0.2) is 17.5 Å². The lowest BCUT2D eigenvalue weighted by Gasteiger charge is -2.33. The van der Waals surface area contributed by atoms with Gasteiger partial charge in [-0.3, -0.25) is 4.99 Å². The largest absolute Gasteiger partial charge is 0.454 e. The number of ether oxygens (including phenoxy) is 1. The van der Waals surface area contributed by atoms with Crippen molar-refractivity contribution >= 4 is 29.9 Å². The van der Waals surface area contributed by atoms with Crippen LogP contribution in [-0.2, 0) is 6.54 Å². The van der Waals surface area contributed by atoms with Gasteiger partial charge in [0.05, 0.1) is 0 Å². The molecule has 0 radical (unpaired) electrons. The first kappa shape index (κ1) is 22.8. The summed E-state index contributed by atoms with van der Waals surface area (Å²) >= 11 is 0.